The van der Waals surface area contributed by atoms with E-state index in [2.05, 4.69) is 17.0 Å². The van der Waals surface area contributed by atoms with Crippen LogP contribution in [0.1, 0.15) is 24.1 Å². The minimum Gasteiger partial charge on any atom is -0.381 e. The quantitative estimate of drug-likeness (QED) is 0.841. The second-order valence-corrected chi connectivity index (χ2v) is 5.62. The van der Waals surface area contributed by atoms with Gasteiger partial charge in [0.1, 0.15) is 5.15 Å². The van der Waals surface area contributed by atoms with Gasteiger partial charge in [-0.1, -0.05) is 11.6 Å². The number of nitrogens with zero attached hydrogens (tertiary/aromatic N) is 3. The topological polar surface area (TPSA) is 30.3 Å². The molecule has 1 aliphatic rings. The van der Waals surface area contributed by atoms with Gasteiger partial charge in [-0.25, -0.2) is 0 Å². The number of rotatable bonds is 4. The van der Waals surface area contributed by atoms with Gasteiger partial charge in [0.05, 0.1) is 12.3 Å². The third kappa shape index (κ3) is 3.25. The molecule has 0 saturated carbocycles. The van der Waals surface area contributed by atoms with Crippen LogP contribution in [0.4, 0.5) is 0 Å². The SMILES string of the molecule is Cc1nn(C)c(Cl)c1CN(C)CC1CCCOC1. The zero-order chi connectivity index (χ0) is 13.1. The lowest BCUT2D eigenvalue weighted by Gasteiger charge is -2.27. The highest BCUT2D eigenvalue weighted by Crippen LogP contribution is 2.21. The van der Waals surface area contributed by atoms with Crippen LogP contribution >= 0.6 is 11.6 Å². The van der Waals surface area contributed by atoms with Gasteiger partial charge in [-0.05, 0) is 32.7 Å². The highest BCUT2D eigenvalue weighted by Gasteiger charge is 2.18. The summed E-state index contributed by atoms with van der Waals surface area (Å²) in [4.78, 5) is 2.31. The van der Waals surface area contributed by atoms with Gasteiger partial charge in [0, 0.05) is 32.3 Å². The van der Waals surface area contributed by atoms with Crippen molar-refractivity contribution in [2.75, 3.05) is 26.8 Å². The molecule has 1 aromatic heterocycles. The Morgan fingerprint density at radius 2 is 2.33 bits per heavy atom. The molecule has 102 valence electrons. The maximum atomic E-state index is 6.25. The van der Waals surface area contributed by atoms with E-state index in [1.54, 1.807) is 4.68 Å². The number of ether oxygens (including phenoxy) is 1. The molecule has 0 aliphatic carbocycles. The van der Waals surface area contributed by atoms with Gasteiger partial charge in [-0.3, -0.25) is 4.68 Å². The molecule has 1 atom stereocenters. The Morgan fingerprint density at radius 3 is 2.89 bits per heavy atom. The van der Waals surface area contributed by atoms with Crippen molar-refractivity contribution in [3.8, 4) is 0 Å². The smallest absolute Gasteiger partial charge is 0.131 e. The van der Waals surface area contributed by atoms with E-state index in [0.717, 1.165) is 42.7 Å². The zero-order valence-corrected chi connectivity index (χ0v) is 12.2. The Labute approximate surface area is 114 Å². The number of aromatic nitrogens is 2. The van der Waals surface area contributed by atoms with Crippen LogP contribution in [0.3, 0.4) is 0 Å². The van der Waals surface area contributed by atoms with Gasteiger partial charge in [-0.15, -0.1) is 0 Å². The van der Waals surface area contributed by atoms with Crippen LogP contribution in [-0.2, 0) is 18.3 Å². The predicted octanol–water partition coefficient (Wildman–Crippen LogP) is 2.24. The number of hydrogen-bond donors (Lipinski definition) is 0. The summed E-state index contributed by atoms with van der Waals surface area (Å²) in [6, 6.07) is 0. The van der Waals surface area contributed by atoms with Crippen molar-refractivity contribution in [2.24, 2.45) is 13.0 Å². The van der Waals surface area contributed by atoms with Crippen molar-refractivity contribution in [1.82, 2.24) is 14.7 Å². The van der Waals surface area contributed by atoms with Gasteiger partial charge in [0.15, 0.2) is 0 Å². The first-order valence-electron chi connectivity index (χ1n) is 6.52. The standard InChI is InChI=1S/C13H22ClN3O/c1-10-12(13(14)17(3)15-10)8-16(2)7-11-5-4-6-18-9-11/h11H,4-9H2,1-3H3. The monoisotopic (exact) mass is 271 g/mol. The van der Waals surface area contributed by atoms with Crippen molar-refractivity contribution >= 4 is 11.6 Å². The minimum absolute atomic E-state index is 0.652. The Hall–Kier alpha value is -0.580. The molecule has 2 rings (SSSR count). The molecule has 0 spiro atoms. The van der Waals surface area contributed by atoms with Crippen molar-refractivity contribution in [3.63, 3.8) is 0 Å². The average molecular weight is 272 g/mol. The zero-order valence-electron chi connectivity index (χ0n) is 11.4. The third-order valence-corrected chi connectivity index (χ3v) is 4.00. The third-order valence-electron chi connectivity index (χ3n) is 3.52. The van der Waals surface area contributed by atoms with Crippen LogP contribution in [0.2, 0.25) is 5.15 Å². The molecule has 2 heterocycles. The summed E-state index contributed by atoms with van der Waals surface area (Å²) in [6.45, 7) is 5.75. The highest BCUT2D eigenvalue weighted by atomic mass is 35.5. The highest BCUT2D eigenvalue weighted by molar-refractivity contribution is 6.30. The first-order valence-corrected chi connectivity index (χ1v) is 6.90. The molecule has 0 amide bonds. The Kier molecular flexibility index (Phi) is 4.65. The molecule has 5 heteroatoms. The molecule has 0 bridgehead atoms. The molecule has 1 unspecified atom stereocenters. The average Bonchev–Trinajstić information content (AvgIpc) is 2.57. The number of aryl methyl sites for hydroxylation is 2. The minimum atomic E-state index is 0.652. The molecule has 0 aromatic carbocycles. The van der Waals surface area contributed by atoms with Crippen LogP contribution in [0.15, 0.2) is 0 Å². The van der Waals surface area contributed by atoms with Crippen LogP contribution in [0.25, 0.3) is 0 Å². The molecule has 18 heavy (non-hydrogen) atoms. The first kappa shape index (κ1) is 13.8. The maximum absolute atomic E-state index is 6.25. The molecular formula is C13H22ClN3O. The molecule has 1 aromatic rings. The molecule has 1 aliphatic heterocycles. The van der Waals surface area contributed by atoms with Crippen LogP contribution in [0, 0.1) is 12.8 Å². The van der Waals surface area contributed by atoms with E-state index in [9.17, 15) is 0 Å². The van der Waals surface area contributed by atoms with Crippen molar-refractivity contribution in [3.05, 3.63) is 16.4 Å². The van der Waals surface area contributed by atoms with E-state index in [1.807, 2.05) is 14.0 Å². The van der Waals surface area contributed by atoms with Crippen LogP contribution < -0.4 is 0 Å². The summed E-state index contributed by atoms with van der Waals surface area (Å²) < 4.78 is 7.26. The van der Waals surface area contributed by atoms with E-state index in [0.29, 0.717) is 5.92 Å². The second kappa shape index (κ2) is 6.04. The van der Waals surface area contributed by atoms with Gasteiger partial charge in [0.25, 0.3) is 0 Å². The van der Waals surface area contributed by atoms with Gasteiger partial charge in [0.2, 0.25) is 0 Å². The maximum Gasteiger partial charge on any atom is 0.131 e. The Balaban J connectivity index is 1.91. The molecule has 4 nitrogen and oxygen atoms in total. The molecule has 1 fully saturated rings. The van der Waals surface area contributed by atoms with Crippen molar-refractivity contribution in [1.29, 1.82) is 0 Å². The summed E-state index contributed by atoms with van der Waals surface area (Å²) in [5, 5.41) is 5.09. The van der Waals surface area contributed by atoms with Crippen molar-refractivity contribution < 1.29 is 4.74 Å². The summed E-state index contributed by atoms with van der Waals surface area (Å²) in [7, 11) is 4.02. The number of hydrogen-bond acceptors (Lipinski definition) is 3. The fourth-order valence-corrected chi connectivity index (χ4v) is 2.81. The fraction of sp³-hybridized carbons (Fsp3) is 0.769. The molecular weight excluding hydrogens is 250 g/mol. The largest absolute Gasteiger partial charge is 0.381 e. The normalized spacial score (nSPS) is 20.6. The van der Waals surface area contributed by atoms with E-state index in [4.69, 9.17) is 16.3 Å². The van der Waals surface area contributed by atoms with Gasteiger partial charge >= 0.3 is 0 Å². The van der Waals surface area contributed by atoms with E-state index in [-0.39, 0.29) is 0 Å². The van der Waals surface area contributed by atoms with E-state index >= 15 is 0 Å². The van der Waals surface area contributed by atoms with Gasteiger partial charge in [-0.2, -0.15) is 5.10 Å². The Morgan fingerprint density at radius 1 is 1.56 bits per heavy atom. The second-order valence-electron chi connectivity index (χ2n) is 5.26. The summed E-state index contributed by atoms with van der Waals surface area (Å²) in [5.41, 5.74) is 2.16. The van der Waals surface area contributed by atoms with Crippen LogP contribution in [-0.4, -0.2) is 41.5 Å². The first-order chi connectivity index (χ1) is 8.58. The molecule has 0 N–H and O–H groups in total. The fourth-order valence-electron chi connectivity index (χ4n) is 2.58. The van der Waals surface area contributed by atoms with Crippen molar-refractivity contribution in [2.45, 2.75) is 26.3 Å². The summed E-state index contributed by atoms with van der Waals surface area (Å²) in [6.07, 6.45) is 2.45. The lowest BCUT2D eigenvalue weighted by atomic mass is 10.0. The van der Waals surface area contributed by atoms with Crippen LogP contribution in [0.5, 0.6) is 0 Å². The molecule has 0 radical (unpaired) electrons. The Bertz CT molecular complexity index is 399. The van der Waals surface area contributed by atoms with E-state index < -0.39 is 0 Å². The summed E-state index contributed by atoms with van der Waals surface area (Å²) >= 11 is 6.25. The lowest BCUT2D eigenvalue weighted by molar-refractivity contribution is 0.0411. The summed E-state index contributed by atoms with van der Waals surface area (Å²) in [5.74, 6) is 0.652. The number of halogens is 1. The predicted molar refractivity (Wildman–Crippen MR) is 72.8 cm³/mol. The lowest BCUT2D eigenvalue weighted by Crippen LogP contribution is -2.30. The molecule has 1 saturated heterocycles. The van der Waals surface area contributed by atoms with Gasteiger partial charge < -0.3 is 9.64 Å². The van der Waals surface area contributed by atoms with E-state index in [1.165, 1.54) is 12.8 Å².